The highest BCUT2D eigenvalue weighted by Gasteiger charge is 2.10. The molecule has 0 aliphatic rings. The molecule has 0 unspecified atom stereocenters. The zero-order valence-corrected chi connectivity index (χ0v) is 11.7. The van der Waals surface area contributed by atoms with Gasteiger partial charge in [-0.05, 0) is 31.1 Å². The molecule has 0 spiro atoms. The summed E-state index contributed by atoms with van der Waals surface area (Å²) < 4.78 is 0. The lowest BCUT2D eigenvalue weighted by atomic mass is 9.89. The summed E-state index contributed by atoms with van der Waals surface area (Å²) in [5.41, 5.74) is 0.336. The third-order valence-electron chi connectivity index (χ3n) is 2.68. The summed E-state index contributed by atoms with van der Waals surface area (Å²) in [6.45, 7) is 6.68. The highest BCUT2D eigenvalue weighted by Crippen LogP contribution is 2.22. The van der Waals surface area contributed by atoms with E-state index in [0.717, 1.165) is 19.3 Å². The third-order valence-corrected chi connectivity index (χ3v) is 2.68. The highest BCUT2D eigenvalue weighted by molar-refractivity contribution is 5.78. The van der Waals surface area contributed by atoms with Crippen molar-refractivity contribution in [1.29, 1.82) is 0 Å². The van der Waals surface area contributed by atoms with Crippen LogP contribution < -0.4 is 0 Å². The molecular weight excluding hydrogens is 234 g/mol. The maximum absolute atomic E-state index is 11.5. The number of ketones is 1. The molecule has 0 bridgehead atoms. The number of nitrogens with zero attached hydrogens (tertiary/aromatic N) is 1. The summed E-state index contributed by atoms with van der Waals surface area (Å²) in [5.74, 6) is 0.255. The second kappa shape index (κ2) is 8.89. The summed E-state index contributed by atoms with van der Waals surface area (Å²) in [5, 5.41) is 9.07. The third kappa shape index (κ3) is 12.9. The quantitative estimate of drug-likeness (QED) is 0.342. The lowest BCUT2D eigenvalue weighted by Gasteiger charge is -2.17. The molecule has 0 amide bonds. The van der Waals surface area contributed by atoms with Gasteiger partial charge >= 0.3 is 0 Å². The Morgan fingerprint density at radius 2 is 1.67 bits per heavy atom. The number of unbranched alkanes of at least 4 members (excludes halogenated alkanes) is 2. The van der Waals surface area contributed by atoms with Gasteiger partial charge in [0, 0.05) is 12.8 Å². The van der Waals surface area contributed by atoms with Crippen molar-refractivity contribution in [2.45, 2.75) is 65.7 Å². The van der Waals surface area contributed by atoms with Crippen LogP contribution in [0.1, 0.15) is 65.7 Å². The molecule has 18 heavy (non-hydrogen) atoms. The predicted octanol–water partition coefficient (Wildman–Crippen LogP) is 3.54. The average Bonchev–Trinajstić information content (AvgIpc) is 2.22. The zero-order chi connectivity index (χ0) is 14.0. The van der Waals surface area contributed by atoms with Crippen molar-refractivity contribution in [3.05, 3.63) is 10.1 Å². The average molecular weight is 259 g/mol. The topological polar surface area (TPSA) is 69.4 Å². The SMILES string of the molecule is CC(C)(C)CCCCC(=O)CCCCO[N+](=O)[O-]. The molecule has 0 fully saturated rings. The van der Waals surface area contributed by atoms with Gasteiger partial charge in [0.25, 0.3) is 5.09 Å². The van der Waals surface area contributed by atoms with Crippen LogP contribution in [0.15, 0.2) is 0 Å². The Bertz CT molecular complexity index is 258. The minimum atomic E-state index is -0.797. The van der Waals surface area contributed by atoms with Gasteiger partial charge in [-0.3, -0.25) is 4.79 Å². The van der Waals surface area contributed by atoms with Crippen molar-refractivity contribution in [2.24, 2.45) is 5.41 Å². The molecule has 0 aromatic carbocycles. The summed E-state index contributed by atoms with van der Waals surface area (Å²) in [4.78, 5) is 25.5. The van der Waals surface area contributed by atoms with Crippen LogP contribution >= 0.6 is 0 Å². The molecule has 5 nitrogen and oxygen atoms in total. The van der Waals surface area contributed by atoms with Gasteiger partial charge in [0.15, 0.2) is 0 Å². The number of carbonyl (C=O) groups excluding carboxylic acids is 1. The van der Waals surface area contributed by atoms with E-state index in [-0.39, 0.29) is 12.4 Å². The fourth-order valence-corrected chi connectivity index (χ4v) is 1.67. The van der Waals surface area contributed by atoms with Crippen molar-refractivity contribution in [1.82, 2.24) is 0 Å². The molecule has 0 aliphatic heterocycles. The maximum Gasteiger partial charge on any atom is 0.294 e. The molecule has 0 aliphatic carbocycles. The predicted molar refractivity (Wildman–Crippen MR) is 69.7 cm³/mol. The second-order valence-corrected chi connectivity index (χ2v) is 5.82. The standard InChI is InChI=1S/C13H25NO4/c1-13(2,3)10-6-4-8-12(15)9-5-7-11-18-14(16)17/h4-11H2,1-3H3. The zero-order valence-electron chi connectivity index (χ0n) is 11.7. The Hall–Kier alpha value is -1.13. The van der Waals surface area contributed by atoms with Gasteiger partial charge in [-0.25, -0.2) is 0 Å². The van der Waals surface area contributed by atoms with Crippen LogP contribution in [0.4, 0.5) is 0 Å². The van der Waals surface area contributed by atoms with Crippen molar-refractivity contribution >= 4 is 5.78 Å². The minimum absolute atomic E-state index is 0.0876. The summed E-state index contributed by atoms with van der Waals surface area (Å²) in [6, 6.07) is 0. The molecule has 0 saturated heterocycles. The monoisotopic (exact) mass is 259 g/mol. The molecule has 106 valence electrons. The molecule has 0 saturated carbocycles. The van der Waals surface area contributed by atoms with Gasteiger partial charge < -0.3 is 4.84 Å². The molecule has 0 aromatic heterocycles. The van der Waals surface area contributed by atoms with E-state index in [2.05, 4.69) is 25.6 Å². The number of rotatable bonds is 10. The van der Waals surface area contributed by atoms with Crippen LogP contribution in [-0.2, 0) is 9.63 Å². The number of hydrogen-bond acceptors (Lipinski definition) is 4. The van der Waals surface area contributed by atoms with E-state index in [0.29, 0.717) is 31.1 Å². The molecule has 0 N–H and O–H groups in total. The fraction of sp³-hybridized carbons (Fsp3) is 0.923. The maximum atomic E-state index is 11.5. The highest BCUT2D eigenvalue weighted by atomic mass is 16.9. The summed E-state index contributed by atoms with van der Waals surface area (Å²) in [7, 11) is 0. The minimum Gasteiger partial charge on any atom is -0.314 e. The number of Topliss-reactive ketones (excluding diaryl/α,β-unsaturated/α-hetero) is 1. The van der Waals surface area contributed by atoms with Crippen LogP contribution in [0.25, 0.3) is 0 Å². The second-order valence-electron chi connectivity index (χ2n) is 5.82. The van der Waals surface area contributed by atoms with E-state index in [1.54, 1.807) is 0 Å². The van der Waals surface area contributed by atoms with Crippen LogP contribution in [0.2, 0.25) is 0 Å². The van der Waals surface area contributed by atoms with Gasteiger partial charge in [-0.2, -0.15) is 0 Å². The van der Waals surface area contributed by atoms with Crippen molar-refractivity contribution in [3.8, 4) is 0 Å². The number of carbonyl (C=O) groups is 1. The fourth-order valence-electron chi connectivity index (χ4n) is 1.67. The first-order valence-corrected chi connectivity index (χ1v) is 6.60. The van der Waals surface area contributed by atoms with Gasteiger partial charge in [0.05, 0.1) is 6.61 Å². The molecule has 0 heterocycles. The van der Waals surface area contributed by atoms with E-state index in [1.807, 2.05) is 0 Å². The van der Waals surface area contributed by atoms with Crippen LogP contribution in [0.5, 0.6) is 0 Å². The number of hydrogen-bond donors (Lipinski definition) is 0. The largest absolute Gasteiger partial charge is 0.314 e. The summed E-state index contributed by atoms with van der Waals surface area (Å²) in [6.07, 6.45) is 5.54. The normalized spacial score (nSPS) is 11.3. The lowest BCUT2D eigenvalue weighted by molar-refractivity contribution is -0.757. The van der Waals surface area contributed by atoms with Crippen LogP contribution in [0.3, 0.4) is 0 Å². The first-order chi connectivity index (χ1) is 8.31. The van der Waals surface area contributed by atoms with E-state index in [4.69, 9.17) is 0 Å². The van der Waals surface area contributed by atoms with Crippen LogP contribution in [-0.4, -0.2) is 17.5 Å². The van der Waals surface area contributed by atoms with E-state index < -0.39 is 5.09 Å². The molecule has 0 rings (SSSR count). The van der Waals surface area contributed by atoms with Crippen LogP contribution in [0, 0.1) is 15.5 Å². The van der Waals surface area contributed by atoms with Gasteiger partial charge in [0.2, 0.25) is 0 Å². The molecule has 0 atom stereocenters. The first kappa shape index (κ1) is 16.9. The first-order valence-electron chi connectivity index (χ1n) is 6.60. The molecule has 5 heteroatoms. The van der Waals surface area contributed by atoms with Crippen molar-refractivity contribution in [3.63, 3.8) is 0 Å². The molecule has 0 radical (unpaired) electrons. The summed E-state index contributed by atoms with van der Waals surface area (Å²) >= 11 is 0. The Labute approximate surface area is 109 Å². The Morgan fingerprint density at radius 1 is 1.11 bits per heavy atom. The Morgan fingerprint density at radius 3 is 2.17 bits per heavy atom. The smallest absolute Gasteiger partial charge is 0.294 e. The molecule has 0 aromatic rings. The van der Waals surface area contributed by atoms with Crippen molar-refractivity contribution < 1.29 is 14.7 Å². The van der Waals surface area contributed by atoms with Gasteiger partial charge in [-0.1, -0.05) is 27.2 Å². The Kier molecular flexibility index (Phi) is 8.33. The van der Waals surface area contributed by atoms with Crippen molar-refractivity contribution in [2.75, 3.05) is 6.61 Å². The van der Waals surface area contributed by atoms with E-state index in [9.17, 15) is 14.9 Å². The van der Waals surface area contributed by atoms with E-state index in [1.165, 1.54) is 0 Å². The Balaban J connectivity index is 3.35. The van der Waals surface area contributed by atoms with E-state index >= 15 is 0 Å². The molecular formula is C13H25NO4. The van der Waals surface area contributed by atoms with Gasteiger partial charge in [0.1, 0.15) is 5.78 Å². The lowest BCUT2D eigenvalue weighted by Crippen LogP contribution is -2.06. The van der Waals surface area contributed by atoms with Gasteiger partial charge in [-0.15, -0.1) is 10.1 Å².